The van der Waals surface area contributed by atoms with Gasteiger partial charge in [-0.15, -0.1) is 0 Å². The molecule has 4 aromatic rings. The first-order valence-electron chi connectivity index (χ1n) is 13.9. The summed E-state index contributed by atoms with van der Waals surface area (Å²) in [7, 11) is 1.62. The topological polar surface area (TPSA) is 104 Å². The summed E-state index contributed by atoms with van der Waals surface area (Å²) < 4.78 is 32.1. The second kappa shape index (κ2) is 12.7. The Balaban J connectivity index is 1.30. The van der Waals surface area contributed by atoms with Crippen molar-refractivity contribution >= 4 is 34.8 Å². The molecule has 13 heteroatoms. The third-order valence-corrected chi connectivity index (χ3v) is 8.08. The summed E-state index contributed by atoms with van der Waals surface area (Å²) in [6.07, 6.45) is 4.31. The lowest BCUT2D eigenvalue weighted by molar-refractivity contribution is -0.0424. The third-order valence-electron chi connectivity index (χ3n) is 7.43. The van der Waals surface area contributed by atoms with Crippen LogP contribution in [0.4, 0.5) is 16.0 Å². The van der Waals surface area contributed by atoms with Crippen molar-refractivity contribution in [3.63, 3.8) is 0 Å². The Labute approximate surface area is 257 Å². The van der Waals surface area contributed by atoms with E-state index in [0.717, 1.165) is 29.7 Å². The average molecular weight is 628 g/mol. The predicted octanol–water partition coefficient (Wildman–Crippen LogP) is 6.15. The molecule has 10 nitrogen and oxygen atoms in total. The number of fused-ring (bicyclic) bond motifs is 1. The summed E-state index contributed by atoms with van der Waals surface area (Å²) in [4.78, 5) is 24.6. The van der Waals surface area contributed by atoms with Crippen molar-refractivity contribution in [1.29, 1.82) is 0 Å². The van der Waals surface area contributed by atoms with Crippen LogP contribution in [0.25, 0.3) is 0 Å². The van der Waals surface area contributed by atoms with Gasteiger partial charge < -0.3 is 24.4 Å². The Hall–Kier alpha value is -3.93. The highest BCUT2D eigenvalue weighted by molar-refractivity contribution is 6.33. The van der Waals surface area contributed by atoms with Gasteiger partial charge in [0.2, 0.25) is 11.8 Å². The zero-order valence-corrected chi connectivity index (χ0v) is 24.9. The lowest BCUT2D eigenvalue weighted by Crippen LogP contribution is -2.36. The van der Waals surface area contributed by atoms with E-state index in [9.17, 15) is 9.18 Å². The highest BCUT2D eigenvalue weighted by Gasteiger charge is 2.28. The Bertz CT molecular complexity index is 1680. The lowest BCUT2D eigenvalue weighted by atomic mass is 10.1. The zero-order chi connectivity index (χ0) is 29.9. The first-order chi connectivity index (χ1) is 20.9. The molecule has 0 amide bonds. The third kappa shape index (κ3) is 6.39. The van der Waals surface area contributed by atoms with E-state index >= 15 is 0 Å². The van der Waals surface area contributed by atoms with E-state index in [1.807, 2.05) is 29.2 Å². The van der Waals surface area contributed by atoms with E-state index in [2.05, 4.69) is 15.4 Å². The van der Waals surface area contributed by atoms with E-state index < -0.39 is 17.6 Å². The van der Waals surface area contributed by atoms with E-state index in [-0.39, 0.29) is 15.8 Å². The van der Waals surface area contributed by atoms with Gasteiger partial charge in [0.25, 0.3) is 5.56 Å². The normalized spacial score (nSPS) is 16.5. The number of methoxy groups -OCH3 is 1. The van der Waals surface area contributed by atoms with Gasteiger partial charge in [0.15, 0.2) is 6.23 Å². The predicted molar refractivity (Wildman–Crippen MR) is 161 cm³/mol. The van der Waals surface area contributed by atoms with Gasteiger partial charge in [-0.25, -0.2) is 9.37 Å². The van der Waals surface area contributed by atoms with Crippen LogP contribution in [0, 0.1) is 5.82 Å². The van der Waals surface area contributed by atoms with Crippen molar-refractivity contribution < 1.29 is 18.6 Å². The minimum atomic E-state index is -0.470. The van der Waals surface area contributed by atoms with Crippen LogP contribution < -0.4 is 25.2 Å². The van der Waals surface area contributed by atoms with Crippen LogP contribution in [0.15, 0.2) is 53.5 Å². The summed E-state index contributed by atoms with van der Waals surface area (Å²) in [6.45, 7) is 1.87. The maximum absolute atomic E-state index is 13.7. The van der Waals surface area contributed by atoms with Crippen LogP contribution in [0.3, 0.4) is 0 Å². The number of hydrogen-bond acceptors (Lipinski definition) is 9. The molecule has 0 radical (unpaired) electrons. The molecule has 2 aromatic carbocycles. The number of hydrogen-bond donors (Lipinski definition) is 1. The first kappa shape index (κ1) is 29.2. The molecule has 1 atom stereocenters. The molecular formula is C30H29Cl2FN6O4. The zero-order valence-electron chi connectivity index (χ0n) is 23.4. The molecule has 1 unspecified atom stereocenters. The monoisotopic (exact) mass is 626 g/mol. The molecule has 43 heavy (non-hydrogen) atoms. The molecule has 1 N–H and O–H groups in total. The molecule has 0 bridgehead atoms. The maximum Gasteiger partial charge on any atom is 0.290 e. The number of aromatic nitrogens is 4. The summed E-state index contributed by atoms with van der Waals surface area (Å²) >= 11 is 12.9. The van der Waals surface area contributed by atoms with Crippen LogP contribution in [-0.2, 0) is 24.2 Å². The van der Waals surface area contributed by atoms with E-state index in [0.29, 0.717) is 62.3 Å². The molecule has 4 heterocycles. The number of halogens is 3. The molecule has 224 valence electrons. The second-order valence-electron chi connectivity index (χ2n) is 10.2. The summed E-state index contributed by atoms with van der Waals surface area (Å²) in [5.41, 5.74) is 2.58. The van der Waals surface area contributed by atoms with Gasteiger partial charge in [0.1, 0.15) is 22.3 Å². The number of anilines is 2. The number of nitrogens with one attached hydrogen (secondary N) is 1. The van der Waals surface area contributed by atoms with Gasteiger partial charge in [-0.2, -0.15) is 14.8 Å². The van der Waals surface area contributed by atoms with Crippen LogP contribution in [0.5, 0.6) is 17.4 Å². The molecule has 2 aliphatic rings. The fourth-order valence-corrected chi connectivity index (χ4v) is 5.59. The Kier molecular flexibility index (Phi) is 8.64. The highest BCUT2D eigenvalue weighted by atomic mass is 35.5. The van der Waals surface area contributed by atoms with Gasteiger partial charge in [-0.3, -0.25) is 4.79 Å². The molecule has 1 saturated heterocycles. The van der Waals surface area contributed by atoms with Crippen molar-refractivity contribution in [3.8, 4) is 17.4 Å². The van der Waals surface area contributed by atoms with Gasteiger partial charge in [0.05, 0.1) is 36.3 Å². The summed E-state index contributed by atoms with van der Waals surface area (Å²) in [5.74, 6) is 1.20. The molecule has 2 aromatic heterocycles. The standard InChI is InChI=1S/C30H29Cl2FN6O4/c1-41-20-8-5-18(6-9-20)15-34-30-36-23-17-38(24-16-35-39(29(40)27(24)32)26-4-2-3-13-42-26)12-11-21(23)28(37-30)43-25-10-7-19(33)14-22(25)31/h5-10,14,16,26H,2-4,11-13,15,17H2,1H3,(H,34,36,37). The fraction of sp³-hybridized carbons (Fsp3) is 0.333. The van der Waals surface area contributed by atoms with Crippen molar-refractivity contribution in [2.75, 3.05) is 30.5 Å². The minimum absolute atomic E-state index is 0.0779. The number of benzene rings is 2. The SMILES string of the molecule is COc1ccc(CNc2nc3c(c(Oc4ccc(F)cc4Cl)n2)CCN(c2cnn(C4CCCCO4)c(=O)c2Cl)C3)cc1. The van der Waals surface area contributed by atoms with E-state index in [4.69, 9.17) is 42.4 Å². The lowest BCUT2D eigenvalue weighted by Gasteiger charge is -2.31. The molecule has 0 spiro atoms. The van der Waals surface area contributed by atoms with Gasteiger partial charge in [-0.1, -0.05) is 35.3 Å². The molecule has 6 rings (SSSR count). The second-order valence-corrected chi connectivity index (χ2v) is 11.0. The van der Waals surface area contributed by atoms with Crippen molar-refractivity contribution in [2.45, 2.75) is 45.0 Å². The van der Waals surface area contributed by atoms with Gasteiger partial charge in [0, 0.05) is 25.3 Å². The average Bonchev–Trinajstić information content (AvgIpc) is 3.03. The Morgan fingerprint density at radius 3 is 2.72 bits per heavy atom. The number of nitrogens with zero attached hydrogens (tertiary/aromatic N) is 5. The van der Waals surface area contributed by atoms with Crippen molar-refractivity contribution in [2.24, 2.45) is 0 Å². The van der Waals surface area contributed by atoms with Crippen molar-refractivity contribution in [1.82, 2.24) is 19.7 Å². The minimum Gasteiger partial charge on any atom is -0.497 e. The maximum atomic E-state index is 13.7. The van der Waals surface area contributed by atoms with Gasteiger partial charge >= 0.3 is 0 Å². The van der Waals surface area contributed by atoms with E-state index in [1.54, 1.807) is 13.3 Å². The van der Waals surface area contributed by atoms with Crippen LogP contribution >= 0.6 is 23.2 Å². The summed E-state index contributed by atoms with van der Waals surface area (Å²) in [5, 5.41) is 7.86. The quantitative estimate of drug-likeness (QED) is 0.246. The first-order valence-corrected chi connectivity index (χ1v) is 14.7. The Morgan fingerprint density at radius 1 is 1.14 bits per heavy atom. The molecule has 1 fully saturated rings. The highest BCUT2D eigenvalue weighted by Crippen LogP contribution is 2.36. The van der Waals surface area contributed by atoms with Crippen molar-refractivity contribution in [3.05, 3.63) is 91.7 Å². The van der Waals surface area contributed by atoms with Crippen LogP contribution in [0.2, 0.25) is 10.0 Å². The smallest absolute Gasteiger partial charge is 0.290 e. The van der Waals surface area contributed by atoms with E-state index in [1.165, 1.54) is 22.9 Å². The Morgan fingerprint density at radius 2 is 1.98 bits per heavy atom. The molecule has 2 aliphatic heterocycles. The molecule has 0 aliphatic carbocycles. The van der Waals surface area contributed by atoms with Crippen LogP contribution in [-0.4, -0.2) is 40.0 Å². The number of ether oxygens (including phenoxy) is 3. The fourth-order valence-electron chi connectivity index (χ4n) is 5.13. The number of rotatable bonds is 8. The summed E-state index contributed by atoms with van der Waals surface area (Å²) in [6, 6.07) is 11.6. The largest absolute Gasteiger partial charge is 0.497 e. The van der Waals surface area contributed by atoms with Gasteiger partial charge in [-0.05, 0) is 61.6 Å². The van der Waals surface area contributed by atoms with Crippen LogP contribution in [0.1, 0.15) is 42.3 Å². The molecule has 0 saturated carbocycles. The molecular weight excluding hydrogens is 598 g/mol.